The van der Waals surface area contributed by atoms with Gasteiger partial charge in [0, 0.05) is 23.8 Å². The molecule has 2 heteroatoms. The third kappa shape index (κ3) is 1.97. The summed E-state index contributed by atoms with van der Waals surface area (Å²) in [4.78, 5) is 0. The van der Waals surface area contributed by atoms with E-state index in [0.717, 1.165) is 6.61 Å². The van der Waals surface area contributed by atoms with Gasteiger partial charge in [0.1, 0.15) is 0 Å². The zero-order valence-corrected chi connectivity index (χ0v) is 12.3. The summed E-state index contributed by atoms with van der Waals surface area (Å²) in [7, 11) is 0. The van der Waals surface area contributed by atoms with E-state index in [2.05, 4.69) is 44.3 Å². The highest BCUT2D eigenvalue weighted by Crippen LogP contribution is 2.58. The molecule has 2 unspecified atom stereocenters. The van der Waals surface area contributed by atoms with E-state index in [9.17, 15) is 0 Å². The van der Waals surface area contributed by atoms with Crippen molar-refractivity contribution in [1.82, 2.24) is 0 Å². The Labute approximate surface area is 116 Å². The van der Waals surface area contributed by atoms with Gasteiger partial charge in [0.2, 0.25) is 0 Å². The highest BCUT2D eigenvalue weighted by molar-refractivity contribution is 5.55. The first kappa shape index (κ1) is 13.0. The molecule has 0 aromatic heterocycles. The molecule has 2 atom stereocenters. The smallest absolute Gasteiger partial charge is 0.0670 e. The van der Waals surface area contributed by atoms with Crippen molar-refractivity contribution in [3.05, 3.63) is 29.3 Å². The van der Waals surface area contributed by atoms with E-state index >= 15 is 0 Å². The molecule has 2 nitrogen and oxygen atoms in total. The standard InChI is InChI=1S/C17H25NO/c1-4-19-16-11-15(17(16)9-6-10-17)18-14-8-5-7-12(2)13(14)3/h5,7-8,15-16,18H,4,6,9-11H2,1-3H3. The molecular formula is C17H25NO. The third-order valence-electron chi connectivity index (χ3n) is 5.37. The summed E-state index contributed by atoms with van der Waals surface area (Å²) in [5.74, 6) is 0. The lowest BCUT2D eigenvalue weighted by Gasteiger charge is -2.61. The van der Waals surface area contributed by atoms with Crippen LogP contribution in [0.3, 0.4) is 0 Å². The van der Waals surface area contributed by atoms with Gasteiger partial charge in [0.05, 0.1) is 6.10 Å². The Kier molecular flexibility index (Phi) is 3.30. The lowest BCUT2D eigenvalue weighted by atomic mass is 9.51. The molecule has 2 fully saturated rings. The minimum absolute atomic E-state index is 0.437. The molecule has 2 aliphatic carbocycles. The summed E-state index contributed by atoms with van der Waals surface area (Å²) in [6.45, 7) is 7.35. The van der Waals surface area contributed by atoms with Gasteiger partial charge in [-0.2, -0.15) is 0 Å². The molecule has 19 heavy (non-hydrogen) atoms. The average Bonchev–Trinajstić information content (AvgIpc) is 2.31. The molecule has 1 aromatic carbocycles. The van der Waals surface area contributed by atoms with Crippen LogP contribution < -0.4 is 5.32 Å². The van der Waals surface area contributed by atoms with Crippen LogP contribution in [-0.2, 0) is 4.74 Å². The van der Waals surface area contributed by atoms with E-state index in [1.54, 1.807) is 0 Å². The van der Waals surface area contributed by atoms with Crippen LogP contribution in [0.4, 0.5) is 5.69 Å². The minimum atomic E-state index is 0.437. The fourth-order valence-corrected chi connectivity index (χ4v) is 3.74. The Balaban J connectivity index is 1.73. The first-order chi connectivity index (χ1) is 9.17. The fourth-order valence-electron chi connectivity index (χ4n) is 3.74. The highest BCUT2D eigenvalue weighted by atomic mass is 16.5. The van der Waals surface area contributed by atoms with Crippen molar-refractivity contribution >= 4 is 5.69 Å². The predicted octanol–water partition coefficient (Wildman–Crippen LogP) is 4.06. The molecule has 0 amide bonds. The van der Waals surface area contributed by atoms with Crippen molar-refractivity contribution in [2.45, 2.75) is 58.6 Å². The molecule has 2 saturated carbocycles. The van der Waals surface area contributed by atoms with Crippen LogP contribution in [0, 0.1) is 19.3 Å². The van der Waals surface area contributed by atoms with Crippen molar-refractivity contribution < 1.29 is 4.74 Å². The van der Waals surface area contributed by atoms with Crippen LogP contribution in [0.1, 0.15) is 43.7 Å². The third-order valence-corrected chi connectivity index (χ3v) is 5.37. The summed E-state index contributed by atoms with van der Waals surface area (Å²) in [6.07, 6.45) is 5.70. The van der Waals surface area contributed by atoms with Gasteiger partial charge < -0.3 is 10.1 Å². The maximum atomic E-state index is 5.92. The Hall–Kier alpha value is -1.02. The van der Waals surface area contributed by atoms with Gasteiger partial charge in [-0.3, -0.25) is 0 Å². The summed E-state index contributed by atoms with van der Waals surface area (Å²) >= 11 is 0. The Bertz CT molecular complexity index is 464. The Morgan fingerprint density at radius 3 is 2.74 bits per heavy atom. The number of rotatable bonds is 4. The largest absolute Gasteiger partial charge is 0.381 e. The second-order valence-electron chi connectivity index (χ2n) is 6.21. The van der Waals surface area contributed by atoms with Gasteiger partial charge in [-0.1, -0.05) is 18.6 Å². The molecule has 0 aliphatic heterocycles. The molecule has 1 N–H and O–H groups in total. The van der Waals surface area contributed by atoms with Crippen molar-refractivity contribution in [3.63, 3.8) is 0 Å². The van der Waals surface area contributed by atoms with Crippen LogP contribution in [0.15, 0.2) is 18.2 Å². The maximum absolute atomic E-state index is 5.92. The first-order valence-electron chi connectivity index (χ1n) is 7.62. The van der Waals surface area contributed by atoms with Gasteiger partial charge in [0.25, 0.3) is 0 Å². The number of hydrogen-bond acceptors (Lipinski definition) is 2. The Morgan fingerprint density at radius 1 is 1.32 bits per heavy atom. The van der Waals surface area contributed by atoms with Gasteiger partial charge in [0.15, 0.2) is 0 Å². The number of benzene rings is 1. The minimum Gasteiger partial charge on any atom is -0.381 e. The molecule has 1 spiro atoms. The highest BCUT2D eigenvalue weighted by Gasteiger charge is 2.58. The van der Waals surface area contributed by atoms with E-state index in [0.29, 0.717) is 17.6 Å². The lowest BCUT2D eigenvalue weighted by molar-refractivity contribution is -0.157. The van der Waals surface area contributed by atoms with Crippen LogP contribution >= 0.6 is 0 Å². The van der Waals surface area contributed by atoms with Crippen LogP contribution in [0.5, 0.6) is 0 Å². The number of nitrogens with one attached hydrogen (secondary N) is 1. The molecule has 3 rings (SSSR count). The van der Waals surface area contributed by atoms with Crippen LogP contribution in [0.25, 0.3) is 0 Å². The average molecular weight is 259 g/mol. The second-order valence-corrected chi connectivity index (χ2v) is 6.21. The molecule has 2 aliphatic rings. The SMILES string of the molecule is CCOC1CC(Nc2cccc(C)c2C)C12CCC2. The van der Waals surface area contributed by atoms with Crippen molar-refractivity contribution in [3.8, 4) is 0 Å². The number of ether oxygens (including phenoxy) is 1. The monoisotopic (exact) mass is 259 g/mol. The summed E-state index contributed by atoms with van der Waals surface area (Å²) in [5, 5.41) is 3.79. The zero-order valence-electron chi connectivity index (χ0n) is 12.3. The topological polar surface area (TPSA) is 21.3 Å². The molecule has 0 bridgehead atoms. The van der Waals surface area contributed by atoms with Crippen LogP contribution in [0.2, 0.25) is 0 Å². The summed E-state index contributed by atoms with van der Waals surface area (Å²) in [5.41, 5.74) is 4.50. The predicted molar refractivity (Wildman–Crippen MR) is 79.6 cm³/mol. The van der Waals surface area contributed by atoms with Gasteiger partial charge in [-0.25, -0.2) is 0 Å². The van der Waals surface area contributed by atoms with Gasteiger partial charge in [-0.05, 0) is 57.2 Å². The molecule has 0 heterocycles. The van der Waals surface area contributed by atoms with Gasteiger partial charge in [-0.15, -0.1) is 0 Å². The van der Waals surface area contributed by atoms with Crippen molar-refractivity contribution in [1.29, 1.82) is 0 Å². The number of aryl methyl sites for hydroxylation is 1. The fraction of sp³-hybridized carbons (Fsp3) is 0.647. The van der Waals surface area contributed by atoms with Crippen molar-refractivity contribution in [2.24, 2.45) is 5.41 Å². The first-order valence-corrected chi connectivity index (χ1v) is 7.62. The molecule has 0 saturated heterocycles. The molecule has 104 valence electrons. The van der Waals surface area contributed by atoms with Crippen molar-refractivity contribution in [2.75, 3.05) is 11.9 Å². The van der Waals surface area contributed by atoms with Crippen LogP contribution in [-0.4, -0.2) is 18.8 Å². The lowest BCUT2D eigenvalue weighted by Crippen LogP contribution is -2.64. The molecule has 1 aromatic rings. The Morgan fingerprint density at radius 2 is 2.11 bits per heavy atom. The molecular weight excluding hydrogens is 234 g/mol. The van der Waals surface area contributed by atoms with Gasteiger partial charge >= 0.3 is 0 Å². The quantitative estimate of drug-likeness (QED) is 0.880. The normalized spacial score (nSPS) is 27.7. The summed E-state index contributed by atoms with van der Waals surface area (Å²) < 4.78 is 5.92. The van der Waals surface area contributed by atoms with E-state index in [-0.39, 0.29) is 0 Å². The van der Waals surface area contributed by atoms with E-state index < -0.39 is 0 Å². The molecule has 0 radical (unpaired) electrons. The maximum Gasteiger partial charge on any atom is 0.0670 e. The summed E-state index contributed by atoms with van der Waals surface area (Å²) in [6, 6.07) is 7.15. The number of hydrogen-bond donors (Lipinski definition) is 1. The zero-order chi connectivity index (χ0) is 13.5. The second kappa shape index (κ2) is 4.82. The van der Waals surface area contributed by atoms with E-state index in [1.807, 2.05) is 0 Å². The van der Waals surface area contributed by atoms with E-state index in [4.69, 9.17) is 4.74 Å². The number of anilines is 1. The van der Waals surface area contributed by atoms with E-state index in [1.165, 1.54) is 42.5 Å².